The van der Waals surface area contributed by atoms with Gasteiger partial charge in [-0.3, -0.25) is 0 Å². The third-order valence-corrected chi connectivity index (χ3v) is 2.30. The predicted octanol–water partition coefficient (Wildman–Crippen LogP) is 3.02. The second-order valence-corrected chi connectivity index (χ2v) is 3.36. The lowest BCUT2D eigenvalue weighted by atomic mass is 10.1. The summed E-state index contributed by atoms with van der Waals surface area (Å²) in [5.74, 6) is -3.53. The van der Waals surface area contributed by atoms with Crippen molar-refractivity contribution in [1.29, 1.82) is 0 Å². The normalized spacial score (nSPS) is 12.0. The lowest BCUT2D eigenvalue weighted by Gasteiger charge is -2.10. The molecule has 0 fully saturated rings. The summed E-state index contributed by atoms with van der Waals surface area (Å²) in [5.41, 5.74) is -2.75. The zero-order valence-electron chi connectivity index (χ0n) is 8.10. The van der Waals surface area contributed by atoms with E-state index in [2.05, 4.69) is 4.98 Å². The van der Waals surface area contributed by atoms with Gasteiger partial charge in [-0.1, -0.05) is 0 Å². The van der Waals surface area contributed by atoms with Gasteiger partial charge in [0, 0.05) is 11.6 Å². The number of hydrogen-bond acceptors (Lipinski definition) is 1. The second-order valence-electron chi connectivity index (χ2n) is 3.36. The van der Waals surface area contributed by atoms with Crippen LogP contribution >= 0.6 is 0 Å². The Balaban J connectivity index is 2.89. The lowest BCUT2D eigenvalue weighted by Crippen LogP contribution is -2.13. The molecule has 0 saturated heterocycles. The van der Waals surface area contributed by atoms with Crippen LogP contribution in [0.3, 0.4) is 0 Å². The van der Waals surface area contributed by atoms with Gasteiger partial charge in [-0.2, -0.15) is 13.2 Å². The molecule has 0 saturated carbocycles. The Labute approximate surface area is 91.7 Å². The second kappa shape index (κ2) is 3.47. The summed E-state index contributed by atoms with van der Waals surface area (Å²) < 4.78 is 51.0. The highest BCUT2D eigenvalue weighted by molar-refractivity contribution is 6.02. The van der Waals surface area contributed by atoms with E-state index in [1.807, 2.05) is 0 Å². The van der Waals surface area contributed by atoms with E-state index in [0.29, 0.717) is 6.07 Å². The molecule has 17 heavy (non-hydrogen) atoms. The Kier molecular flexibility index (Phi) is 2.34. The van der Waals surface area contributed by atoms with Crippen molar-refractivity contribution in [3.05, 3.63) is 35.3 Å². The third kappa shape index (κ3) is 1.73. The molecule has 0 radical (unpaired) electrons. The Morgan fingerprint density at radius 2 is 2.00 bits per heavy atom. The van der Waals surface area contributed by atoms with Crippen LogP contribution in [0.2, 0.25) is 0 Å². The molecular weight excluding hydrogens is 242 g/mol. The first-order chi connectivity index (χ1) is 7.82. The first-order valence-corrected chi connectivity index (χ1v) is 4.42. The van der Waals surface area contributed by atoms with Gasteiger partial charge in [-0.15, -0.1) is 0 Å². The minimum atomic E-state index is -4.93. The number of aromatic amines is 1. The highest BCUT2D eigenvalue weighted by Crippen LogP contribution is 2.35. The van der Waals surface area contributed by atoms with Crippen molar-refractivity contribution in [1.82, 2.24) is 4.98 Å². The number of aromatic carboxylic acids is 1. The minimum absolute atomic E-state index is 0.00359. The molecule has 0 aliphatic rings. The maximum absolute atomic E-state index is 13.5. The van der Waals surface area contributed by atoms with Crippen LogP contribution in [0.1, 0.15) is 15.9 Å². The van der Waals surface area contributed by atoms with Crippen LogP contribution in [0.15, 0.2) is 18.3 Å². The molecule has 2 N–H and O–H groups in total. The highest BCUT2D eigenvalue weighted by atomic mass is 19.4. The van der Waals surface area contributed by atoms with Crippen molar-refractivity contribution in [2.45, 2.75) is 6.18 Å². The van der Waals surface area contributed by atoms with E-state index < -0.39 is 29.1 Å². The van der Waals surface area contributed by atoms with E-state index in [9.17, 15) is 22.4 Å². The largest absolute Gasteiger partial charge is 0.478 e. The Bertz CT molecular complexity index is 600. The van der Waals surface area contributed by atoms with Gasteiger partial charge in [0.25, 0.3) is 0 Å². The van der Waals surface area contributed by atoms with Crippen molar-refractivity contribution >= 4 is 16.9 Å². The molecule has 2 rings (SSSR count). The molecule has 7 heteroatoms. The van der Waals surface area contributed by atoms with Crippen molar-refractivity contribution in [2.75, 3.05) is 0 Å². The summed E-state index contributed by atoms with van der Waals surface area (Å²) in [6.07, 6.45) is -3.68. The van der Waals surface area contributed by atoms with Crippen LogP contribution in [0.25, 0.3) is 10.9 Å². The summed E-state index contributed by atoms with van der Waals surface area (Å²) in [4.78, 5) is 13.2. The van der Waals surface area contributed by atoms with Crippen LogP contribution in [-0.2, 0) is 6.18 Å². The van der Waals surface area contributed by atoms with E-state index in [0.717, 1.165) is 0 Å². The SMILES string of the molecule is O=C(O)c1c(F)c(C(F)(F)F)cc2cc[nH]c12. The van der Waals surface area contributed by atoms with Crippen molar-refractivity contribution in [2.24, 2.45) is 0 Å². The maximum Gasteiger partial charge on any atom is 0.419 e. The number of halogens is 4. The Morgan fingerprint density at radius 3 is 2.53 bits per heavy atom. The summed E-state index contributed by atoms with van der Waals surface area (Å²) in [7, 11) is 0. The van der Waals surface area contributed by atoms with Gasteiger partial charge in [0.1, 0.15) is 5.56 Å². The summed E-state index contributed by atoms with van der Waals surface area (Å²) >= 11 is 0. The van der Waals surface area contributed by atoms with E-state index in [4.69, 9.17) is 5.11 Å². The molecule has 1 aromatic heterocycles. The van der Waals surface area contributed by atoms with Crippen molar-refractivity contribution in [3.8, 4) is 0 Å². The van der Waals surface area contributed by atoms with Gasteiger partial charge in [0.2, 0.25) is 0 Å². The summed E-state index contributed by atoms with van der Waals surface area (Å²) in [6, 6.07) is 1.82. The van der Waals surface area contributed by atoms with Crippen molar-refractivity contribution < 1.29 is 27.5 Å². The van der Waals surface area contributed by atoms with Gasteiger partial charge in [-0.25, -0.2) is 9.18 Å². The average molecular weight is 247 g/mol. The van der Waals surface area contributed by atoms with Gasteiger partial charge in [0.15, 0.2) is 5.82 Å². The number of carboxylic acid groups (broad SMARTS) is 1. The minimum Gasteiger partial charge on any atom is -0.478 e. The molecule has 0 atom stereocenters. The van der Waals surface area contributed by atoms with Crippen LogP contribution in [0.4, 0.5) is 17.6 Å². The van der Waals surface area contributed by atoms with Gasteiger partial charge < -0.3 is 10.1 Å². The fourth-order valence-corrected chi connectivity index (χ4v) is 1.59. The Hall–Kier alpha value is -2.05. The van der Waals surface area contributed by atoms with Gasteiger partial charge >= 0.3 is 12.1 Å². The monoisotopic (exact) mass is 247 g/mol. The molecule has 0 bridgehead atoms. The number of nitrogens with one attached hydrogen (secondary N) is 1. The molecule has 0 aliphatic heterocycles. The average Bonchev–Trinajstić information content (AvgIpc) is 2.61. The lowest BCUT2D eigenvalue weighted by molar-refractivity contribution is -0.139. The smallest absolute Gasteiger partial charge is 0.419 e. The quantitative estimate of drug-likeness (QED) is 0.761. The molecule has 0 aliphatic carbocycles. The topological polar surface area (TPSA) is 53.1 Å². The summed E-state index contributed by atoms with van der Waals surface area (Å²) in [5, 5.41) is 8.74. The number of alkyl halides is 3. The molecule has 1 heterocycles. The van der Waals surface area contributed by atoms with Gasteiger partial charge in [0.05, 0.1) is 11.1 Å². The van der Waals surface area contributed by atoms with Crippen LogP contribution in [0.5, 0.6) is 0 Å². The van der Waals surface area contributed by atoms with E-state index in [1.54, 1.807) is 0 Å². The number of aromatic nitrogens is 1. The predicted molar refractivity (Wildman–Crippen MR) is 50.2 cm³/mol. The number of H-pyrrole nitrogens is 1. The molecule has 0 unspecified atom stereocenters. The third-order valence-electron chi connectivity index (χ3n) is 2.30. The van der Waals surface area contributed by atoms with Crippen LogP contribution < -0.4 is 0 Å². The zero-order valence-corrected chi connectivity index (χ0v) is 8.10. The molecular formula is C10H5F4NO2. The molecule has 3 nitrogen and oxygen atoms in total. The fourth-order valence-electron chi connectivity index (χ4n) is 1.59. The zero-order chi connectivity index (χ0) is 12.8. The Morgan fingerprint density at radius 1 is 1.35 bits per heavy atom. The van der Waals surface area contributed by atoms with E-state index in [1.165, 1.54) is 12.3 Å². The number of hydrogen-bond donors (Lipinski definition) is 2. The summed E-state index contributed by atoms with van der Waals surface area (Å²) in [6.45, 7) is 0. The van der Waals surface area contributed by atoms with E-state index in [-0.39, 0.29) is 10.9 Å². The number of rotatable bonds is 1. The number of carbonyl (C=O) groups is 1. The first kappa shape index (κ1) is 11.4. The maximum atomic E-state index is 13.5. The number of carboxylic acids is 1. The molecule has 90 valence electrons. The van der Waals surface area contributed by atoms with Crippen molar-refractivity contribution in [3.63, 3.8) is 0 Å². The van der Waals surface area contributed by atoms with E-state index >= 15 is 0 Å². The first-order valence-electron chi connectivity index (χ1n) is 4.42. The fraction of sp³-hybridized carbons (Fsp3) is 0.100. The van der Waals surface area contributed by atoms with Gasteiger partial charge in [-0.05, 0) is 12.1 Å². The highest BCUT2D eigenvalue weighted by Gasteiger charge is 2.37. The molecule has 0 amide bonds. The standard InChI is InChI=1S/C10H5F4NO2/c11-7-5(10(12,13)14)3-4-1-2-15-8(4)6(7)9(16)17/h1-3,15H,(H,16,17). The number of fused-ring (bicyclic) bond motifs is 1. The van der Waals surface area contributed by atoms with Crippen LogP contribution in [-0.4, -0.2) is 16.1 Å². The molecule has 0 spiro atoms. The molecule has 2 aromatic rings. The number of benzene rings is 1. The van der Waals surface area contributed by atoms with Crippen LogP contribution in [0, 0.1) is 5.82 Å². The molecule has 1 aromatic carbocycles.